The number of benzene rings is 5. The molecule has 0 bridgehead atoms. The van der Waals surface area contributed by atoms with E-state index in [0.717, 1.165) is 21.3 Å². The van der Waals surface area contributed by atoms with Gasteiger partial charge in [0.1, 0.15) is 60.6 Å². The van der Waals surface area contributed by atoms with Gasteiger partial charge in [0.05, 0.1) is 63.4 Å². The summed E-state index contributed by atoms with van der Waals surface area (Å²) in [5, 5.41) is 21.4. The second kappa shape index (κ2) is 40.3. The Morgan fingerprint density at radius 1 is 0.427 bits per heavy atom. The Morgan fingerprint density at radius 3 is 0.760 bits per heavy atom. The number of phenolic OH excluding ortho intramolecular Hbond substituents is 1. The Hall–Kier alpha value is -2.93. The largest absolute Gasteiger partial charge is 1.00 e. The molecular formula is C51H54Br4K2O18. The van der Waals surface area contributed by atoms with E-state index >= 15 is 0 Å². The van der Waals surface area contributed by atoms with Crippen molar-refractivity contribution in [1.29, 1.82) is 0 Å². The van der Waals surface area contributed by atoms with Gasteiger partial charge in [0, 0.05) is 26.7 Å². The maximum absolute atomic E-state index is 11.9. The molecule has 18 nitrogen and oxygen atoms in total. The molecule has 75 heavy (non-hydrogen) atoms. The van der Waals surface area contributed by atoms with Crippen molar-refractivity contribution < 1.29 is 191 Å². The molecule has 5 aromatic rings. The van der Waals surface area contributed by atoms with Crippen LogP contribution in [0.4, 0.5) is 0 Å². The summed E-state index contributed by atoms with van der Waals surface area (Å²) in [5.41, 5.74) is 1.21. The molecule has 0 amide bonds. The summed E-state index contributed by atoms with van der Waals surface area (Å²) in [5.74, 6) is -0.335. The molecule has 396 valence electrons. The molecule has 1 N–H and O–H groups in total. The minimum absolute atomic E-state index is 0. The number of methoxy groups -OCH3 is 5. The van der Waals surface area contributed by atoms with Crippen molar-refractivity contribution in [2.45, 2.75) is 0 Å². The number of alkyl halides is 4. The van der Waals surface area contributed by atoms with Crippen LogP contribution in [0.25, 0.3) is 0 Å². The van der Waals surface area contributed by atoms with Crippen LogP contribution in [0.2, 0.25) is 0 Å². The standard InChI is InChI=1S/C37H36O12.C8H8O3.C5H8Br4.CH2O3.2K.H/c1-42-33(38)25-5-13-29(14-6-25)46-21-37(22-47-30-15-7-26(8-16-30)34(39)43-2,23-48-31-17-9-27(10-18-31)35(40)44-3)24-49-32-19-11-28(12-20-32)36(41)45-4;1-11-8(10)6-2-4-7(9)5-3-6;6-1-5(2-7,3-8)4-9;2-1-4-3;;;/h5-20H,21-24H2,1-4H3;2-5,9H,1H3;1-4H2;1,3H;;;/q;;;;2*+1;-1/p-1. The zero-order chi connectivity index (χ0) is 54.2. The number of aromatic hydroxyl groups is 1. The number of esters is 5. The molecule has 0 saturated heterocycles. The van der Waals surface area contributed by atoms with Crippen molar-refractivity contribution in [2.24, 2.45) is 10.8 Å². The van der Waals surface area contributed by atoms with E-state index in [4.69, 9.17) is 53.1 Å². The third kappa shape index (κ3) is 26.1. The zero-order valence-electron chi connectivity index (χ0n) is 43.2. The normalized spacial score (nSPS) is 10.1. The molecule has 0 aliphatic carbocycles. The minimum Gasteiger partial charge on any atom is -1.00 e. The minimum atomic E-state index is -0.996. The molecule has 0 radical (unpaired) electrons. The quantitative estimate of drug-likeness (QED) is 0.0199. The molecule has 0 saturated carbocycles. The van der Waals surface area contributed by atoms with E-state index in [1.807, 2.05) is 0 Å². The van der Waals surface area contributed by atoms with Gasteiger partial charge in [-0.1, -0.05) is 63.7 Å². The fourth-order valence-electron chi connectivity index (χ4n) is 5.35. The Balaban J connectivity index is 0. The van der Waals surface area contributed by atoms with E-state index in [2.05, 4.69) is 73.3 Å². The van der Waals surface area contributed by atoms with Gasteiger partial charge in [-0.3, -0.25) is 4.79 Å². The Labute approximate surface area is 555 Å². The fourth-order valence-corrected chi connectivity index (χ4v) is 10.9. The van der Waals surface area contributed by atoms with Crippen LogP contribution < -0.4 is 127 Å². The first-order chi connectivity index (χ1) is 35.1. The summed E-state index contributed by atoms with van der Waals surface area (Å²) in [6.45, 7) is -0.104. The Morgan fingerprint density at radius 2 is 0.613 bits per heavy atom. The van der Waals surface area contributed by atoms with Crippen molar-refractivity contribution in [3.63, 3.8) is 0 Å². The van der Waals surface area contributed by atoms with Crippen LogP contribution in [-0.4, -0.2) is 125 Å². The molecule has 0 aliphatic heterocycles. The number of carbonyl (C=O) groups excluding carboxylic acids is 6. The molecule has 0 fully saturated rings. The summed E-state index contributed by atoms with van der Waals surface area (Å²) >= 11 is 13.9. The zero-order valence-corrected chi connectivity index (χ0v) is 54.8. The molecule has 0 heterocycles. The van der Waals surface area contributed by atoms with Crippen molar-refractivity contribution in [3.05, 3.63) is 149 Å². The Bertz CT molecular complexity index is 2180. The van der Waals surface area contributed by atoms with Gasteiger partial charge in [0.2, 0.25) is 0 Å². The first-order valence-corrected chi connectivity index (χ1v) is 25.7. The molecular weight excluding hydrogens is 1300 g/mol. The van der Waals surface area contributed by atoms with E-state index in [1.54, 1.807) is 97.1 Å². The third-order valence-corrected chi connectivity index (χ3v) is 14.5. The number of phenols is 1. The summed E-state index contributed by atoms with van der Waals surface area (Å²) in [4.78, 5) is 69.8. The van der Waals surface area contributed by atoms with Crippen molar-refractivity contribution in [3.8, 4) is 28.7 Å². The summed E-state index contributed by atoms with van der Waals surface area (Å²) in [7, 11) is 6.52. The van der Waals surface area contributed by atoms with Gasteiger partial charge in [-0.05, 0) is 121 Å². The monoisotopic (exact) mass is 1350 g/mol. The molecule has 24 heteroatoms. The van der Waals surface area contributed by atoms with Crippen LogP contribution in [0.15, 0.2) is 121 Å². The van der Waals surface area contributed by atoms with E-state index in [9.17, 15) is 24.0 Å². The second-order valence-electron chi connectivity index (χ2n) is 15.0. The van der Waals surface area contributed by atoms with Gasteiger partial charge < -0.3 is 59.3 Å². The second-order valence-corrected chi connectivity index (χ2v) is 17.2. The summed E-state index contributed by atoms with van der Waals surface area (Å²) in [6.07, 6.45) is 0. The Kier molecular flexibility index (Phi) is 38.7. The van der Waals surface area contributed by atoms with Gasteiger partial charge >= 0.3 is 133 Å². The third-order valence-electron chi connectivity index (χ3n) is 9.74. The molecule has 0 aliphatic rings. The van der Waals surface area contributed by atoms with Crippen LogP contribution in [-0.2, 0) is 33.4 Å². The van der Waals surface area contributed by atoms with Crippen LogP contribution in [0, 0.1) is 10.8 Å². The molecule has 0 atom stereocenters. The van der Waals surface area contributed by atoms with Crippen LogP contribution in [0.5, 0.6) is 28.7 Å². The van der Waals surface area contributed by atoms with Gasteiger partial charge in [-0.15, -0.1) is 0 Å². The number of hydrogen-bond donors (Lipinski definition) is 1. The maximum Gasteiger partial charge on any atom is 1.00 e. The van der Waals surface area contributed by atoms with Crippen LogP contribution >= 0.6 is 63.7 Å². The number of carbonyl (C=O) groups is 6. The van der Waals surface area contributed by atoms with E-state index in [1.165, 1.54) is 59.8 Å². The van der Waals surface area contributed by atoms with E-state index in [0.29, 0.717) is 56.2 Å². The number of ether oxygens (including phenoxy) is 9. The van der Waals surface area contributed by atoms with Crippen molar-refractivity contribution in [1.82, 2.24) is 0 Å². The van der Waals surface area contributed by atoms with Gasteiger partial charge in [0.15, 0.2) is 0 Å². The van der Waals surface area contributed by atoms with Crippen molar-refractivity contribution in [2.75, 3.05) is 83.3 Å². The molecule has 0 spiro atoms. The van der Waals surface area contributed by atoms with E-state index in [-0.39, 0.29) is 143 Å². The molecule has 0 unspecified atom stereocenters. The van der Waals surface area contributed by atoms with Gasteiger partial charge in [0.25, 0.3) is 6.47 Å². The number of halogens is 4. The summed E-state index contributed by atoms with van der Waals surface area (Å²) < 4.78 is 48.5. The van der Waals surface area contributed by atoms with Crippen molar-refractivity contribution >= 4 is 100 Å². The number of hydrogen-bond acceptors (Lipinski definition) is 18. The first kappa shape index (κ1) is 72.1. The smallest absolute Gasteiger partial charge is 1.00 e. The predicted molar refractivity (Wildman–Crippen MR) is 281 cm³/mol. The average Bonchev–Trinajstić information content (AvgIpc) is 3.45. The van der Waals surface area contributed by atoms with Gasteiger partial charge in [-0.2, -0.15) is 0 Å². The van der Waals surface area contributed by atoms with Crippen LogP contribution in [0.1, 0.15) is 53.2 Å². The molecule has 5 rings (SSSR count). The fraction of sp³-hybridized carbons (Fsp3) is 0.294. The molecule has 5 aromatic carbocycles. The SMILES string of the molecule is BrCC(CBr)(CBr)CBr.COC(=O)c1ccc(O)cc1.COC(=O)c1ccc(OCC(COc2ccc(C(=O)OC)cc2)(COc2ccc(C(=O)OC)cc2)COc2ccc(C(=O)OC)cc2)cc1.O=CO[O-].[H-].[K+].[K+]. The van der Waals surface area contributed by atoms with Crippen LogP contribution in [0.3, 0.4) is 0 Å². The average molecular weight is 1350 g/mol. The van der Waals surface area contributed by atoms with Gasteiger partial charge in [-0.25, -0.2) is 24.0 Å². The topological polar surface area (TPSA) is 238 Å². The number of rotatable bonds is 22. The maximum atomic E-state index is 11.9. The van der Waals surface area contributed by atoms with E-state index < -0.39 is 35.3 Å². The predicted octanol–water partition coefficient (Wildman–Crippen LogP) is 2.72. The molecule has 0 aromatic heterocycles. The summed E-state index contributed by atoms with van der Waals surface area (Å²) in [6, 6.07) is 31.7. The first-order valence-electron chi connectivity index (χ1n) is 21.2.